The third kappa shape index (κ3) is 2.78. The fourth-order valence-corrected chi connectivity index (χ4v) is 5.99. The number of hydrogen-bond acceptors (Lipinski definition) is 5. The number of carbonyl (C=O) groups excluding carboxylic acids is 1. The average Bonchev–Trinajstić information content (AvgIpc) is 3.43. The zero-order valence-corrected chi connectivity index (χ0v) is 17.3. The summed E-state index contributed by atoms with van der Waals surface area (Å²) < 4.78 is 2.71. The molecule has 3 heterocycles. The molecule has 0 saturated heterocycles. The molecule has 0 fully saturated rings. The Kier molecular flexibility index (Phi) is 4.02. The summed E-state index contributed by atoms with van der Waals surface area (Å²) in [4.78, 5) is 32.3. The molecule has 152 valence electrons. The highest BCUT2D eigenvalue weighted by Gasteiger charge is 2.22. The smallest absolute Gasteiger partial charge is 0.324 e. The zero-order chi connectivity index (χ0) is 20.2. The van der Waals surface area contributed by atoms with Crippen molar-refractivity contribution >= 4 is 38.8 Å². The number of anilines is 1. The summed E-state index contributed by atoms with van der Waals surface area (Å²) in [6.45, 7) is -0.120. The molecule has 0 aliphatic heterocycles. The molecular weight excluding hydrogens is 398 g/mol. The Labute approximate surface area is 176 Å². The summed E-state index contributed by atoms with van der Waals surface area (Å²) in [7, 11) is 0. The van der Waals surface area contributed by atoms with E-state index in [-0.39, 0.29) is 18.1 Å². The lowest BCUT2D eigenvalue weighted by molar-refractivity contribution is -0.117. The maximum Gasteiger partial charge on any atom is 0.352 e. The van der Waals surface area contributed by atoms with E-state index in [1.165, 1.54) is 43.4 Å². The van der Waals surface area contributed by atoms with Crippen LogP contribution in [0.15, 0.2) is 29.3 Å². The summed E-state index contributed by atoms with van der Waals surface area (Å²) in [6.07, 6.45) is 9.26. The van der Waals surface area contributed by atoms with E-state index < -0.39 is 0 Å². The second-order valence-electron chi connectivity index (χ2n) is 8.15. The van der Waals surface area contributed by atoms with Crippen molar-refractivity contribution in [3.05, 3.63) is 56.6 Å². The Morgan fingerprint density at radius 2 is 1.97 bits per heavy atom. The Morgan fingerprint density at radius 3 is 2.90 bits per heavy atom. The van der Waals surface area contributed by atoms with Crippen LogP contribution in [0.1, 0.15) is 40.8 Å². The topological polar surface area (TPSA) is 81.3 Å². The molecule has 1 N–H and O–H groups in total. The maximum atomic E-state index is 12.9. The molecule has 0 radical (unpaired) electrons. The summed E-state index contributed by atoms with van der Waals surface area (Å²) in [5.74, 6) is -0.255. The van der Waals surface area contributed by atoms with Gasteiger partial charge < -0.3 is 5.32 Å². The maximum absolute atomic E-state index is 12.9. The van der Waals surface area contributed by atoms with Crippen molar-refractivity contribution in [3.8, 4) is 0 Å². The largest absolute Gasteiger partial charge is 0.352 e. The normalized spacial score (nSPS) is 15.5. The van der Waals surface area contributed by atoms with Gasteiger partial charge in [-0.05, 0) is 73.8 Å². The molecule has 1 aromatic carbocycles. The quantitative estimate of drug-likeness (QED) is 0.553. The molecule has 1 amide bonds. The molecule has 0 bridgehead atoms. The highest BCUT2D eigenvalue weighted by molar-refractivity contribution is 7.19. The fraction of sp³-hybridized carbons (Fsp3) is 0.364. The van der Waals surface area contributed by atoms with E-state index in [4.69, 9.17) is 0 Å². The van der Waals surface area contributed by atoms with E-state index in [0.29, 0.717) is 5.65 Å². The number of carbonyl (C=O) groups is 1. The molecule has 2 aliphatic rings. The lowest BCUT2D eigenvalue weighted by Crippen LogP contribution is -2.28. The van der Waals surface area contributed by atoms with Crippen LogP contribution in [0.5, 0.6) is 0 Å². The van der Waals surface area contributed by atoms with E-state index in [1.54, 1.807) is 11.3 Å². The van der Waals surface area contributed by atoms with Crippen molar-refractivity contribution in [1.29, 1.82) is 0 Å². The zero-order valence-electron chi connectivity index (χ0n) is 16.5. The van der Waals surface area contributed by atoms with Gasteiger partial charge in [0, 0.05) is 10.6 Å². The first-order valence-corrected chi connectivity index (χ1v) is 11.3. The molecule has 6 rings (SSSR count). The highest BCUT2D eigenvalue weighted by Crippen LogP contribution is 2.36. The van der Waals surface area contributed by atoms with Crippen molar-refractivity contribution in [2.75, 3.05) is 5.32 Å². The lowest BCUT2D eigenvalue weighted by atomic mass is 9.97. The molecule has 4 aromatic rings. The standard InChI is InChI=1S/C22H21N5O2S/c28-18(24-15-9-8-13-4-3-5-14(13)10-15)11-27-22(29)26-12-23-21-19(20(26)25-27)16-6-1-2-7-17(16)30-21/h8-10,12H,1-7,11H2,(H,24,28). The summed E-state index contributed by atoms with van der Waals surface area (Å²) >= 11 is 1.70. The first kappa shape index (κ1) is 17.8. The number of nitrogens with one attached hydrogen (secondary N) is 1. The lowest BCUT2D eigenvalue weighted by Gasteiger charge is -2.09. The number of benzene rings is 1. The summed E-state index contributed by atoms with van der Waals surface area (Å²) in [6, 6.07) is 6.05. The molecule has 3 aromatic heterocycles. The van der Waals surface area contributed by atoms with Crippen LogP contribution in [-0.4, -0.2) is 25.1 Å². The number of thiophene rings is 1. The van der Waals surface area contributed by atoms with Crippen molar-refractivity contribution in [2.24, 2.45) is 0 Å². The van der Waals surface area contributed by atoms with Gasteiger partial charge in [-0.15, -0.1) is 16.4 Å². The minimum atomic E-state index is -0.334. The van der Waals surface area contributed by atoms with Crippen LogP contribution in [0.25, 0.3) is 15.9 Å². The molecule has 0 atom stereocenters. The third-order valence-electron chi connectivity index (χ3n) is 6.21. The molecule has 0 spiro atoms. The van der Waals surface area contributed by atoms with Crippen molar-refractivity contribution in [1.82, 2.24) is 19.2 Å². The number of amides is 1. The number of rotatable bonds is 3. The van der Waals surface area contributed by atoms with Crippen LogP contribution < -0.4 is 11.0 Å². The van der Waals surface area contributed by atoms with Gasteiger partial charge >= 0.3 is 5.69 Å². The average molecular weight is 420 g/mol. The van der Waals surface area contributed by atoms with Crippen molar-refractivity contribution in [3.63, 3.8) is 0 Å². The van der Waals surface area contributed by atoms with E-state index in [2.05, 4.69) is 21.5 Å². The Morgan fingerprint density at radius 1 is 1.10 bits per heavy atom. The van der Waals surface area contributed by atoms with Gasteiger partial charge in [-0.3, -0.25) is 4.79 Å². The predicted molar refractivity (Wildman–Crippen MR) is 116 cm³/mol. The first-order valence-electron chi connectivity index (χ1n) is 10.5. The van der Waals surface area contributed by atoms with Gasteiger partial charge in [0.2, 0.25) is 5.91 Å². The predicted octanol–water partition coefficient (Wildman–Crippen LogP) is 3.11. The van der Waals surface area contributed by atoms with Gasteiger partial charge in [0.05, 0.1) is 5.39 Å². The second kappa shape index (κ2) is 6.77. The number of aryl methyl sites for hydroxylation is 4. The van der Waals surface area contributed by atoms with Gasteiger partial charge in [0.1, 0.15) is 17.7 Å². The second-order valence-corrected chi connectivity index (χ2v) is 9.24. The number of nitrogens with zero attached hydrogens (tertiary/aromatic N) is 4. The van der Waals surface area contributed by atoms with Gasteiger partial charge in [-0.1, -0.05) is 6.07 Å². The van der Waals surface area contributed by atoms with Crippen LogP contribution in [0, 0.1) is 0 Å². The minimum absolute atomic E-state index is 0.120. The van der Waals surface area contributed by atoms with Crippen LogP contribution in [-0.2, 0) is 37.0 Å². The van der Waals surface area contributed by atoms with Crippen molar-refractivity contribution < 1.29 is 4.79 Å². The van der Waals surface area contributed by atoms with Crippen LogP contribution >= 0.6 is 11.3 Å². The first-order chi connectivity index (χ1) is 14.7. The molecular formula is C22H21N5O2S. The van der Waals surface area contributed by atoms with Crippen LogP contribution in [0.4, 0.5) is 5.69 Å². The fourth-order valence-electron chi connectivity index (χ4n) is 4.77. The van der Waals surface area contributed by atoms with E-state index in [0.717, 1.165) is 54.4 Å². The van der Waals surface area contributed by atoms with Crippen LogP contribution in [0.2, 0.25) is 0 Å². The van der Waals surface area contributed by atoms with Crippen LogP contribution in [0.3, 0.4) is 0 Å². The van der Waals surface area contributed by atoms with Gasteiger partial charge in [-0.2, -0.15) is 0 Å². The van der Waals surface area contributed by atoms with E-state index >= 15 is 0 Å². The summed E-state index contributed by atoms with van der Waals surface area (Å²) in [5, 5.41) is 8.42. The number of fused-ring (bicyclic) bond motifs is 6. The van der Waals surface area contributed by atoms with E-state index in [9.17, 15) is 9.59 Å². The Hall–Kier alpha value is -3.00. The molecule has 30 heavy (non-hydrogen) atoms. The molecule has 7 nitrogen and oxygen atoms in total. The van der Waals surface area contributed by atoms with Gasteiger partial charge in [0.25, 0.3) is 0 Å². The minimum Gasteiger partial charge on any atom is -0.324 e. The molecule has 2 aliphatic carbocycles. The molecule has 8 heteroatoms. The molecule has 0 unspecified atom stereocenters. The molecule has 0 saturated carbocycles. The van der Waals surface area contributed by atoms with E-state index in [1.807, 2.05) is 12.1 Å². The summed E-state index contributed by atoms with van der Waals surface area (Å²) in [5.41, 5.74) is 4.98. The highest BCUT2D eigenvalue weighted by atomic mass is 32.1. The van der Waals surface area contributed by atoms with Gasteiger partial charge in [0.15, 0.2) is 5.65 Å². The van der Waals surface area contributed by atoms with Crippen molar-refractivity contribution in [2.45, 2.75) is 51.5 Å². The monoisotopic (exact) mass is 419 g/mol. The Bertz CT molecular complexity index is 1380. The Balaban J connectivity index is 1.33. The van der Waals surface area contributed by atoms with Gasteiger partial charge in [-0.25, -0.2) is 18.9 Å². The third-order valence-corrected chi connectivity index (χ3v) is 7.41. The SMILES string of the molecule is O=C(Cn1nc2c3c4c(sc3ncn2c1=O)CCCC4)Nc1ccc2c(c1)CCC2. The number of hydrogen-bond donors (Lipinski definition) is 1. The number of aromatic nitrogens is 4.